The Morgan fingerprint density at radius 3 is 0.925 bits per heavy atom. The fourth-order valence-electron chi connectivity index (χ4n) is 9.20. The third-order valence-electron chi connectivity index (χ3n) is 12.7. The molecule has 4 aromatic rings. The third kappa shape index (κ3) is 41.8. The lowest BCUT2D eigenvalue weighted by Gasteiger charge is -2.32. The van der Waals surface area contributed by atoms with Crippen molar-refractivity contribution in [1.29, 1.82) is 0 Å². The van der Waals surface area contributed by atoms with Crippen molar-refractivity contribution in [2.75, 3.05) is 24.7 Å². The number of nitrogens with one attached hydrogen (secondary N) is 4. The van der Waals surface area contributed by atoms with Gasteiger partial charge in [-0.3, -0.25) is 0 Å². The minimum atomic E-state index is -0.323. The van der Waals surface area contributed by atoms with Crippen molar-refractivity contribution in [3.05, 3.63) is 90.4 Å². The van der Waals surface area contributed by atoms with E-state index in [2.05, 4.69) is 36.2 Å². The molecule has 4 aliphatic rings. The van der Waals surface area contributed by atoms with Crippen LogP contribution in [0.15, 0.2) is 79.3 Å². The molecule has 80 heavy (non-hydrogen) atoms. The minimum absolute atomic E-state index is 0. The number of aromatic nitrogens is 3. The molecule has 11 heteroatoms. The van der Waals surface area contributed by atoms with Gasteiger partial charge in [0.05, 0.1) is 30.0 Å². The molecule has 464 valence electrons. The van der Waals surface area contributed by atoms with Gasteiger partial charge in [-0.1, -0.05) is 289 Å². The van der Waals surface area contributed by atoms with E-state index in [9.17, 15) is 9.59 Å². The van der Waals surface area contributed by atoms with Gasteiger partial charge >= 0.3 is 18.1 Å². The zero-order valence-corrected chi connectivity index (χ0v) is 53.9. The average molecular weight is 1120 g/mol. The van der Waals surface area contributed by atoms with Crippen LogP contribution in [-0.4, -0.2) is 41.1 Å². The summed E-state index contributed by atoms with van der Waals surface area (Å²) in [5, 5.41) is 10.1. The van der Waals surface area contributed by atoms with Gasteiger partial charge in [0.15, 0.2) is 0 Å². The van der Waals surface area contributed by atoms with Gasteiger partial charge in [-0.25, -0.2) is 24.5 Å². The summed E-state index contributed by atoms with van der Waals surface area (Å²) in [6.45, 7) is 36.0. The maximum Gasteiger partial charge on any atom is 0.322 e. The Hall–Kier alpha value is -5.19. The van der Waals surface area contributed by atoms with Crippen molar-refractivity contribution in [3.8, 4) is 23.4 Å². The molecule has 0 saturated heterocycles. The predicted molar refractivity (Wildman–Crippen MR) is 355 cm³/mol. The van der Waals surface area contributed by atoms with Crippen LogP contribution < -0.4 is 30.7 Å². The lowest BCUT2D eigenvalue weighted by Crippen LogP contribution is -2.24. The second-order valence-electron chi connectivity index (χ2n) is 17.5. The van der Waals surface area contributed by atoms with Crippen molar-refractivity contribution in [2.24, 2.45) is 23.7 Å². The van der Waals surface area contributed by atoms with E-state index in [0.717, 1.165) is 35.0 Å². The molecule has 4 amide bonds. The number of pyridine rings is 1. The summed E-state index contributed by atoms with van der Waals surface area (Å²) >= 11 is 0. The molecular weight excluding hydrogens is 991 g/mol. The Morgan fingerprint density at radius 2 is 0.650 bits per heavy atom. The van der Waals surface area contributed by atoms with E-state index in [1.807, 2.05) is 173 Å². The van der Waals surface area contributed by atoms with E-state index in [-0.39, 0.29) is 32.9 Å². The smallest absolute Gasteiger partial charge is 0.322 e. The van der Waals surface area contributed by atoms with Crippen molar-refractivity contribution < 1.29 is 19.1 Å². The summed E-state index contributed by atoms with van der Waals surface area (Å²) < 4.78 is 11.0. The summed E-state index contributed by atoms with van der Waals surface area (Å²) in [5.74, 6) is 6.42. The molecule has 4 N–H and O–H groups in total. The monoisotopic (exact) mass is 1120 g/mol. The normalized spacial score (nSPS) is 13.9. The molecule has 2 heterocycles. The van der Waals surface area contributed by atoms with Crippen LogP contribution in [0.25, 0.3) is 0 Å². The molecule has 0 atom stereocenters. The maximum absolute atomic E-state index is 11.1. The van der Waals surface area contributed by atoms with Crippen LogP contribution in [0.3, 0.4) is 0 Å². The van der Waals surface area contributed by atoms with Gasteiger partial charge in [-0.05, 0) is 67.9 Å². The molecule has 11 nitrogen and oxygen atoms in total. The van der Waals surface area contributed by atoms with Gasteiger partial charge in [0, 0.05) is 20.2 Å². The number of ether oxygens (including phenoxy) is 2. The van der Waals surface area contributed by atoms with Crippen LogP contribution in [0.1, 0.15) is 265 Å². The highest BCUT2D eigenvalue weighted by Crippen LogP contribution is 2.39. The van der Waals surface area contributed by atoms with Crippen LogP contribution in [0.4, 0.5) is 21.0 Å². The minimum Gasteiger partial charge on any atom is -0.439 e. The molecule has 0 bridgehead atoms. The van der Waals surface area contributed by atoms with E-state index in [0.29, 0.717) is 23.0 Å². The number of carbonyl (C=O) groups is 2. The van der Waals surface area contributed by atoms with E-state index in [4.69, 9.17) is 9.47 Å². The van der Waals surface area contributed by atoms with Gasteiger partial charge in [-0.2, -0.15) is 0 Å². The standard InChI is InChI=1S/C14H15N3O2.C13H14N4O2.2C12H22.8C2H6.2CH4/c1-10-3-6-12(7-4-10)19-13-8-5-11(9-16-13)17-14(18)15-2;1-9-3-5-11(6-4-9)19-13-15-7-10(8-16-13)17-12(18)14-2;2*1-3-7-11(8-4-1)12-9-5-2-6-10-12;8*1-2;;/h3-9H,1-2H3,(H2,15,17,18);3-8H,1-2H3,(H2,14,17,18);2*11-12H,1-10H2;8*1-2H3;2*1H4. The predicted octanol–water partition coefficient (Wildman–Crippen LogP) is 23.0. The fourth-order valence-corrected chi connectivity index (χ4v) is 9.20. The van der Waals surface area contributed by atoms with Crippen molar-refractivity contribution in [1.82, 2.24) is 25.6 Å². The first kappa shape index (κ1) is 86.1. The van der Waals surface area contributed by atoms with Crippen LogP contribution in [0.5, 0.6) is 23.4 Å². The lowest BCUT2D eigenvalue weighted by atomic mass is 9.73. The highest BCUT2D eigenvalue weighted by Gasteiger charge is 2.25. The average Bonchev–Trinajstić information content (AvgIpc) is 3.54. The Morgan fingerprint density at radius 1 is 0.375 bits per heavy atom. The molecule has 0 spiro atoms. The maximum atomic E-state index is 11.1. The Bertz CT molecular complexity index is 1670. The number of hydrogen-bond donors (Lipinski definition) is 4. The summed E-state index contributed by atoms with van der Waals surface area (Å²) in [5.41, 5.74) is 3.43. The number of carbonyl (C=O) groups excluding carboxylic acids is 2. The first-order chi connectivity index (χ1) is 38.3. The number of urea groups is 2. The van der Waals surface area contributed by atoms with E-state index < -0.39 is 0 Å². The number of benzene rings is 2. The van der Waals surface area contributed by atoms with Crippen molar-refractivity contribution in [3.63, 3.8) is 0 Å². The number of aryl methyl sites for hydroxylation is 2. The Labute approximate surface area is 496 Å². The Kier molecular flexibility index (Phi) is 67.8. The van der Waals surface area contributed by atoms with Gasteiger partial charge in [0.2, 0.25) is 5.88 Å². The summed E-state index contributed by atoms with van der Waals surface area (Å²) in [7, 11) is 3.09. The fraction of sp³-hybridized carbons (Fsp3) is 0.667. The van der Waals surface area contributed by atoms with Crippen molar-refractivity contribution in [2.45, 2.75) is 268 Å². The van der Waals surface area contributed by atoms with E-state index in [1.54, 1.807) is 76.7 Å². The van der Waals surface area contributed by atoms with E-state index in [1.165, 1.54) is 102 Å². The molecule has 4 fully saturated rings. The summed E-state index contributed by atoms with van der Waals surface area (Å²) in [6, 6.07) is 18.3. The second-order valence-corrected chi connectivity index (χ2v) is 17.5. The van der Waals surface area contributed by atoms with Crippen LogP contribution in [0, 0.1) is 37.5 Å². The molecule has 2 aromatic carbocycles. The number of amides is 4. The SMILES string of the molecule is C.C.C1CCC(C2CCCCC2)CC1.C1CCC(C2CCCCC2)CC1.CC.CC.CC.CC.CC.CC.CC.CC.CNC(=O)Nc1ccc(Oc2ccc(C)cc2)nc1.CNC(=O)Nc1cnc(Oc2ccc(C)cc2)nc1. The zero-order valence-electron chi connectivity index (χ0n) is 53.9. The van der Waals surface area contributed by atoms with E-state index >= 15 is 0 Å². The summed E-state index contributed by atoms with van der Waals surface area (Å²) in [4.78, 5) is 34.3. The number of hydrogen-bond acceptors (Lipinski definition) is 7. The summed E-state index contributed by atoms with van der Waals surface area (Å²) in [6.07, 6.45) is 35.3. The van der Waals surface area contributed by atoms with Crippen LogP contribution >= 0.6 is 0 Å². The molecule has 4 saturated carbocycles. The first-order valence-electron chi connectivity index (χ1n) is 31.5. The molecule has 0 aliphatic heterocycles. The first-order valence-corrected chi connectivity index (χ1v) is 31.5. The molecule has 2 aromatic heterocycles. The largest absolute Gasteiger partial charge is 0.439 e. The molecule has 0 radical (unpaired) electrons. The molecular formula is C69H129N7O4. The van der Waals surface area contributed by atoms with Gasteiger partial charge < -0.3 is 30.7 Å². The number of anilines is 2. The zero-order chi connectivity index (χ0) is 59.8. The highest BCUT2D eigenvalue weighted by atomic mass is 16.5. The molecule has 8 rings (SSSR count). The van der Waals surface area contributed by atoms with Gasteiger partial charge in [-0.15, -0.1) is 0 Å². The number of nitrogens with zero attached hydrogens (tertiary/aromatic N) is 3. The van der Waals surface area contributed by atoms with Crippen LogP contribution in [-0.2, 0) is 0 Å². The Balaban J connectivity index is -0.000000211. The molecule has 0 unspecified atom stereocenters. The lowest BCUT2D eigenvalue weighted by molar-refractivity contribution is 0.196. The van der Waals surface area contributed by atoms with Gasteiger partial charge in [0.25, 0.3) is 0 Å². The van der Waals surface area contributed by atoms with Crippen molar-refractivity contribution >= 4 is 23.4 Å². The highest BCUT2D eigenvalue weighted by molar-refractivity contribution is 5.89. The number of rotatable bonds is 8. The van der Waals surface area contributed by atoms with Gasteiger partial charge in [0.1, 0.15) is 11.5 Å². The second kappa shape index (κ2) is 63.0. The van der Waals surface area contributed by atoms with Crippen LogP contribution in [0.2, 0.25) is 0 Å². The quantitative estimate of drug-likeness (QED) is 0.138. The topological polar surface area (TPSA) is 139 Å². The third-order valence-corrected chi connectivity index (χ3v) is 12.7. The molecule has 4 aliphatic carbocycles.